The average molecular weight is 295 g/mol. The second-order valence-electron chi connectivity index (χ2n) is 4.25. The maximum absolute atomic E-state index is 11.1. The molecular weight excluding hydrogens is 280 g/mol. The van der Waals surface area contributed by atoms with Gasteiger partial charge in [0, 0.05) is 17.3 Å². The van der Waals surface area contributed by atoms with Gasteiger partial charge in [0.1, 0.15) is 0 Å². The number of halogens is 1. The van der Waals surface area contributed by atoms with Gasteiger partial charge in [-0.25, -0.2) is 0 Å². The highest BCUT2D eigenvalue weighted by Crippen LogP contribution is 2.23. The first kappa shape index (κ1) is 13.8. The molecule has 17 heavy (non-hydrogen) atoms. The molecule has 2 nitrogen and oxygen atoms in total. The summed E-state index contributed by atoms with van der Waals surface area (Å²) in [6, 6.07) is 7.38. The smallest absolute Gasteiger partial charge is 0.313 e. The summed E-state index contributed by atoms with van der Waals surface area (Å²) in [6.07, 6.45) is 0.808. The Kier molecular flexibility index (Phi) is 4.77. The van der Waals surface area contributed by atoms with Crippen LogP contribution in [0.25, 0.3) is 0 Å². The van der Waals surface area contributed by atoms with Crippen molar-refractivity contribution in [1.29, 1.82) is 0 Å². The molecule has 0 unspecified atom stereocenters. The van der Waals surface area contributed by atoms with Gasteiger partial charge in [0.05, 0.1) is 5.41 Å². The minimum Gasteiger partial charge on any atom is -0.481 e. The molecule has 0 saturated carbocycles. The fraction of sp³-hybridized carbons (Fsp3) is 0.357. The van der Waals surface area contributed by atoms with Crippen molar-refractivity contribution in [3.05, 3.63) is 35.4 Å². The van der Waals surface area contributed by atoms with Gasteiger partial charge in [-0.3, -0.25) is 4.79 Å². The zero-order valence-electron chi connectivity index (χ0n) is 9.96. The molecule has 0 amide bonds. The summed E-state index contributed by atoms with van der Waals surface area (Å²) in [6.45, 7) is 3.39. The maximum atomic E-state index is 11.1. The van der Waals surface area contributed by atoms with Gasteiger partial charge in [-0.1, -0.05) is 39.9 Å². The van der Waals surface area contributed by atoms with E-state index in [-0.39, 0.29) is 0 Å². The summed E-state index contributed by atoms with van der Waals surface area (Å²) < 4.78 is 0. The lowest BCUT2D eigenvalue weighted by Gasteiger charge is -2.19. The quantitative estimate of drug-likeness (QED) is 0.687. The second kappa shape index (κ2) is 5.88. The molecule has 0 radical (unpaired) electrons. The van der Waals surface area contributed by atoms with E-state index in [0.29, 0.717) is 0 Å². The Morgan fingerprint density at radius 3 is 2.41 bits per heavy atom. The van der Waals surface area contributed by atoms with Crippen molar-refractivity contribution >= 4 is 21.9 Å². The van der Waals surface area contributed by atoms with Gasteiger partial charge >= 0.3 is 5.97 Å². The van der Waals surface area contributed by atoms with Gasteiger partial charge in [-0.2, -0.15) is 0 Å². The third kappa shape index (κ3) is 3.61. The summed E-state index contributed by atoms with van der Waals surface area (Å²) in [5.41, 5.74) is 0.842. The number of rotatable bonds is 3. The van der Waals surface area contributed by atoms with E-state index in [2.05, 4.69) is 27.8 Å². The van der Waals surface area contributed by atoms with Crippen molar-refractivity contribution in [2.24, 2.45) is 0 Å². The monoisotopic (exact) mass is 294 g/mol. The number of benzene rings is 1. The Hall–Kier alpha value is -1.27. The molecular formula is C14H15BrO2. The van der Waals surface area contributed by atoms with Gasteiger partial charge in [-0.15, -0.1) is 0 Å². The third-order valence-electron chi connectivity index (χ3n) is 2.59. The number of alkyl halides is 1. The van der Waals surface area contributed by atoms with Gasteiger partial charge in [0.2, 0.25) is 0 Å². The van der Waals surface area contributed by atoms with E-state index in [1.54, 1.807) is 13.8 Å². The van der Waals surface area contributed by atoms with Crippen LogP contribution in [0.4, 0.5) is 0 Å². The summed E-state index contributed by atoms with van der Waals surface area (Å²) in [5.74, 6) is 5.22. The molecule has 0 atom stereocenters. The van der Waals surface area contributed by atoms with Gasteiger partial charge in [0.25, 0.3) is 0 Å². The summed E-state index contributed by atoms with van der Waals surface area (Å²) in [7, 11) is 0. The van der Waals surface area contributed by atoms with Crippen LogP contribution in [0.15, 0.2) is 24.3 Å². The Balaban J connectivity index is 2.90. The van der Waals surface area contributed by atoms with Crippen LogP contribution in [-0.2, 0) is 10.2 Å². The van der Waals surface area contributed by atoms with Crippen LogP contribution in [-0.4, -0.2) is 16.4 Å². The molecule has 1 aromatic rings. The highest BCUT2D eigenvalue weighted by molar-refractivity contribution is 9.09. The number of hydrogen-bond donors (Lipinski definition) is 1. The lowest BCUT2D eigenvalue weighted by atomic mass is 9.84. The standard InChI is InChI=1S/C14H15BrO2/c1-14(2,13(16)17)12-8-6-11(7-9-12)5-3-4-10-15/h6-9H,4,10H2,1-2H3,(H,16,17). The van der Waals surface area contributed by atoms with Crippen LogP contribution in [0.3, 0.4) is 0 Å². The maximum Gasteiger partial charge on any atom is 0.313 e. The Morgan fingerprint density at radius 1 is 1.35 bits per heavy atom. The molecule has 0 bridgehead atoms. The Labute approximate surface area is 110 Å². The third-order valence-corrected chi connectivity index (χ3v) is 2.99. The summed E-state index contributed by atoms with van der Waals surface area (Å²) in [4.78, 5) is 11.1. The van der Waals surface area contributed by atoms with Crippen LogP contribution in [0.1, 0.15) is 31.4 Å². The molecule has 0 aromatic heterocycles. The molecule has 0 fully saturated rings. The number of hydrogen-bond acceptors (Lipinski definition) is 1. The normalized spacial score (nSPS) is 10.5. The number of aliphatic carboxylic acids is 1. The summed E-state index contributed by atoms with van der Waals surface area (Å²) in [5, 5.41) is 9.97. The van der Waals surface area contributed by atoms with Crippen LogP contribution in [0.2, 0.25) is 0 Å². The zero-order chi connectivity index (χ0) is 12.9. The number of carboxylic acids is 1. The second-order valence-corrected chi connectivity index (χ2v) is 5.04. The number of carbonyl (C=O) groups is 1. The number of carboxylic acid groups (broad SMARTS) is 1. The molecule has 1 aromatic carbocycles. The Bertz CT molecular complexity index is 449. The zero-order valence-corrected chi connectivity index (χ0v) is 11.5. The lowest BCUT2D eigenvalue weighted by Crippen LogP contribution is -2.28. The fourth-order valence-corrected chi connectivity index (χ4v) is 1.50. The van der Waals surface area contributed by atoms with Gasteiger partial charge in [-0.05, 0) is 31.5 Å². The van der Waals surface area contributed by atoms with Crippen molar-refractivity contribution in [3.8, 4) is 11.8 Å². The van der Waals surface area contributed by atoms with Crippen LogP contribution >= 0.6 is 15.9 Å². The summed E-state index contributed by atoms with van der Waals surface area (Å²) >= 11 is 3.31. The molecule has 0 saturated heterocycles. The lowest BCUT2D eigenvalue weighted by molar-refractivity contribution is -0.142. The largest absolute Gasteiger partial charge is 0.481 e. The molecule has 1 rings (SSSR count). The highest BCUT2D eigenvalue weighted by atomic mass is 79.9. The molecule has 0 aliphatic heterocycles. The van der Waals surface area contributed by atoms with Crippen molar-refractivity contribution in [2.75, 3.05) is 5.33 Å². The van der Waals surface area contributed by atoms with Crippen molar-refractivity contribution in [1.82, 2.24) is 0 Å². The first-order valence-electron chi connectivity index (χ1n) is 5.37. The topological polar surface area (TPSA) is 37.3 Å². The molecule has 0 heterocycles. The average Bonchev–Trinajstić information content (AvgIpc) is 2.30. The van der Waals surface area contributed by atoms with Gasteiger partial charge < -0.3 is 5.11 Å². The predicted molar refractivity (Wildman–Crippen MR) is 72.4 cm³/mol. The molecule has 0 aliphatic rings. The Morgan fingerprint density at radius 2 is 1.94 bits per heavy atom. The van der Waals surface area contributed by atoms with Crippen molar-refractivity contribution in [3.63, 3.8) is 0 Å². The molecule has 0 spiro atoms. The van der Waals surface area contributed by atoms with Crippen molar-refractivity contribution < 1.29 is 9.90 Å². The van der Waals surface area contributed by atoms with E-state index in [1.807, 2.05) is 24.3 Å². The minimum atomic E-state index is -0.859. The van der Waals surface area contributed by atoms with Crippen molar-refractivity contribution in [2.45, 2.75) is 25.7 Å². The van der Waals surface area contributed by atoms with E-state index in [0.717, 1.165) is 22.9 Å². The van der Waals surface area contributed by atoms with E-state index in [4.69, 9.17) is 5.11 Å². The van der Waals surface area contributed by atoms with Crippen LogP contribution < -0.4 is 0 Å². The molecule has 90 valence electrons. The van der Waals surface area contributed by atoms with E-state index in [9.17, 15) is 4.79 Å². The van der Waals surface area contributed by atoms with Crippen LogP contribution in [0.5, 0.6) is 0 Å². The van der Waals surface area contributed by atoms with E-state index >= 15 is 0 Å². The minimum absolute atomic E-state index is 0.788. The van der Waals surface area contributed by atoms with Gasteiger partial charge in [0.15, 0.2) is 0 Å². The van der Waals surface area contributed by atoms with Crippen LogP contribution in [0, 0.1) is 11.8 Å². The first-order valence-corrected chi connectivity index (χ1v) is 6.49. The predicted octanol–water partition coefficient (Wildman–Crippen LogP) is 3.19. The SMILES string of the molecule is CC(C)(C(=O)O)c1ccc(C#CCCBr)cc1. The van der Waals surface area contributed by atoms with E-state index < -0.39 is 11.4 Å². The molecule has 1 N–H and O–H groups in total. The highest BCUT2D eigenvalue weighted by Gasteiger charge is 2.28. The fourth-order valence-electron chi connectivity index (χ4n) is 1.31. The molecule has 3 heteroatoms. The molecule has 0 aliphatic carbocycles. The first-order chi connectivity index (χ1) is 7.98. The van der Waals surface area contributed by atoms with E-state index in [1.165, 1.54) is 0 Å².